The lowest BCUT2D eigenvalue weighted by Gasteiger charge is -2.23. The standard InChI is InChI=1S/C16H25N3O2/c1-12(2)14-10-13(16(20)21)11-15(17-14)18(3)8-9-19-6-4-5-7-19/h10-12H,4-9H2,1-3H3,(H,20,21). The molecule has 1 fully saturated rings. The van der Waals surface area contributed by atoms with Crippen molar-refractivity contribution in [3.05, 3.63) is 23.4 Å². The van der Waals surface area contributed by atoms with Gasteiger partial charge in [-0.05, 0) is 44.0 Å². The van der Waals surface area contributed by atoms with Crippen LogP contribution in [0.3, 0.4) is 0 Å². The van der Waals surface area contributed by atoms with E-state index in [1.165, 1.54) is 25.9 Å². The van der Waals surface area contributed by atoms with Crippen LogP contribution in [0.5, 0.6) is 0 Å². The summed E-state index contributed by atoms with van der Waals surface area (Å²) >= 11 is 0. The smallest absolute Gasteiger partial charge is 0.335 e. The lowest BCUT2D eigenvalue weighted by atomic mass is 10.1. The summed E-state index contributed by atoms with van der Waals surface area (Å²) < 4.78 is 0. The van der Waals surface area contributed by atoms with Gasteiger partial charge in [-0.3, -0.25) is 0 Å². The van der Waals surface area contributed by atoms with E-state index in [4.69, 9.17) is 0 Å². The molecule has 1 N–H and O–H groups in total. The first kappa shape index (κ1) is 15.8. The molecule has 5 heteroatoms. The maximum absolute atomic E-state index is 11.3. The molecule has 0 radical (unpaired) electrons. The van der Waals surface area contributed by atoms with Gasteiger partial charge in [-0.25, -0.2) is 9.78 Å². The normalized spacial score (nSPS) is 15.6. The van der Waals surface area contributed by atoms with Crippen molar-refractivity contribution in [3.63, 3.8) is 0 Å². The molecule has 0 atom stereocenters. The second-order valence-electron chi connectivity index (χ2n) is 6.07. The van der Waals surface area contributed by atoms with Crippen LogP contribution < -0.4 is 4.90 Å². The second kappa shape index (κ2) is 6.89. The zero-order valence-electron chi connectivity index (χ0n) is 13.2. The molecular formula is C16H25N3O2. The summed E-state index contributed by atoms with van der Waals surface area (Å²) in [6, 6.07) is 3.34. The number of pyridine rings is 1. The van der Waals surface area contributed by atoms with Crippen molar-refractivity contribution in [2.45, 2.75) is 32.6 Å². The lowest BCUT2D eigenvalue weighted by Crippen LogP contribution is -2.32. The van der Waals surface area contributed by atoms with Gasteiger partial charge < -0.3 is 14.9 Å². The van der Waals surface area contributed by atoms with Crippen LogP contribution in [-0.2, 0) is 0 Å². The third kappa shape index (κ3) is 4.17. The highest BCUT2D eigenvalue weighted by molar-refractivity contribution is 5.88. The molecule has 1 aliphatic heterocycles. The van der Waals surface area contributed by atoms with Crippen molar-refractivity contribution < 1.29 is 9.90 Å². The number of hydrogen-bond donors (Lipinski definition) is 1. The predicted octanol–water partition coefficient (Wildman–Crippen LogP) is 2.44. The van der Waals surface area contributed by atoms with Crippen molar-refractivity contribution in [2.75, 3.05) is 38.1 Å². The summed E-state index contributed by atoms with van der Waals surface area (Å²) in [7, 11) is 1.98. The first-order chi connectivity index (χ1) is 9.97. The fraction of sp³-hybridized carbons (Fsp3) is 0.625. The first-order valence-electron chi connectivity index (χ1n) is 7.66. The minimum absolute atomic E-state index is 0.218. The Morgan fingerprint density at radius 3 is 2.62 bits per heavy atom. The van der Waals surface area contributed by atoms with E-state index in [1.54, 1.807) is 12.1 Å². The average Bonchev–Trinajstić information content (AvgIpc) is 2.97. The molecule has 5 nitrogen and oxygen atoms in total. The van der Waals surface area contributed by atoms with Crippen LogP contribution in [0.1, 0.15) is 48.7 Å². The number of anilines is 1. The van der Waals surface area contributed by atoms with Crippen molar-refractivity contribution >= 4 is 11.8 Å². The molecule has 116 valence electrons. The Morgan fingerprint density at radius 1 is 1.38 bits per heavy atom. The van der Waals surface area contributed by atoms with Gasteiger partial charge in [0.05, 0.1) is 5.56 Å². The van der Waals surface area contributed by atoms with Crippen LogP contribution in [0.4, 0.5) is 5.82 Å². The number of rotatable bonds is 6. The van der Waals surface area contributed by atoms with Gasteiger partial charge >= 0.3 is 5.97 Å². The third-order valence-corrected chi connectivity index (χ3v) is 4.01. The Morgan fingerprint density at radius 2 is 2.05 bits per heavy atom. The number of hydrogen-bond acceptors (Lipinski definition) is 4. The van der Waals surface area contributed by atoms with Gasteiger partial charge in [-0.15, -0.1) is 0 Å². The zero-order valence-corrected chi connectivity index (χ0v) is 13.2. The highest BCUT2D eigenvalue weighted by Crippen LogP contribution is 2.20. The van der Waals surface area contributed by atoms with E-state index in [0.717, 1.165) is 24.6 Å². The van der Waals surface area contributed by atoms with Gasteiger partial charge in [0.15, 0.2) is 0 Å². The highest BCUT2D eigenvalue weighted by Gasteiger charge is 2.15. The van der Waals surface area contributed by atoms with Gasteiger partial charge in [0.1, 0.15) is 5.82 Å². The minimum Gasteiger partial charge on any atom is -0.478 e. The molecule has 2 heterocycles. The fourth-order valence-corrected chi connectivity index (χ4v) is 2.56. The summed E-state index contributed by atoms with van der Waals surface area (Å²) in [6.45, 7) is 8.28. The maximum Gasteiger partial charge on any atom is 0.335 e. The molecule has 21 heavy (non-hydrogen) atoms. The van der Waals surface area contributed by atoms with Gasteiger partial charge in [-0.2, -0.15) is 0 Å². The SMILES string of the molecule is CC(C)c1cc(C(=O)O)cc(N(C)CCN2CCCC2)n1. The molecule has 0 spiro atoms. The zero-order chi connectivity index (χ0) is 15.4. The largest absolute Gasteiger partial charge is 0.478 e. The maximum atomic E-state index is 11.3. The monoisotopic (exact) mass is 291 g/mol. The molecule has 0 aromatic carbocycles. The Hall–Kier alpha value is -1.62. The minimum atomic E-state index is -0.895. The van der Waals surface area contributed by atoms with E-state index in [1.807, 2.05) is 20.9 Å². The third-order valence-electron chi connectivity index (χ3n) is 4.01. The molecule has 0 saturated carbocycles. The Balaban J connectivity index is 2.10. The average molecular weight is 291 g/mol. The molecule has 0 bridgehead atoms. The molecular weight excluding hydrogens is 266 g/mol. The van der Waals surface area contributed by atoms with Crippen LogP contribution in [-0.4, -0.2) is 54.2 Å². The number of likely N-dealkylation sites (N-methyl/N-ethyl adjacent to an activating group) is 1. The van der Waals surface area contributed by atoms with E-state index in [-0.39, 0.29) is 5.92 Å². The van der Waals surface area contributed by atoms with Crippen molar-refractivity contribution in [2.24, 2.45) is 0 Å². The van der Waals surface area contributed by atoms with E-state index < -0.39 is 5.97 Å². The number of carbonyl (C=O) groups is 1. The molecule has 0 unspecified atom stereocenters. The summed E-state index contributed by atoms with van der Waals surface area (Å²) in [5.41, 5.74) is 1.15. The highest BCUT2D eigenvalue weighted by atomic mass is 16.4. The second-order valence-corrected chi connectivity index (χ2v) is 6.07. The van der Waals surface area contributed by atoms with E-state index in [9.17, 15) is 9.90 Å². The summed E-state index contributed by atoms with van der Waals surface area (Å²) in [5, 5.41) is 9.25. The first-order valence-corrected chi connectivity index (χ1v) is 7.66. The van der Waals surface area contributed by atoms with Crippen molar-refractivity contribution in [1.82, 2.24) is 9.88 Å². The van der Waals surface area contributed by atoms with E-state index in [2.05, 4.69) is 14.8 Å². The van der Waals surface area contributed by atoms with Gasteiger partial charge in [0, 0.05) is 25.8 Å². The Kier molecular flexibility index (Phi) is 5.17. The van der Waals surface area contributed by atoms with Gasteiger partial charge in [-0.1, -0.05) is 13.8 Å². The molecule has 1 aliphatic rings. The summed E-state index contributed by atoms with van der Waals surface area (Å²) in [5.74, 6) is 0.0707. The molecule has 1 saturated heterocycles. The lowest BCUT2D eigenvalue weighted by molar-refractivity contribution is 0.0696. The summed E-state index contributed by atoms with van der Waals surface area (Å²) in [4.78, 5) is 20.4. The van der Waals surface area contributed by atoms with Crippen molar-refractivity contribution in [3.8, 4) is 0 Å². The van der Waals surface area contributed by atoms with Crippen LogP contribution in [0, 0.1) is 0 Å². The number of carboxylic acid groups (broad SMARTS) is 1. The number of aromatic nitrogens is 1. The Labute approximate surface area is 126 Å². The van der Waals surface area contributed by atoms with Crippen LogP contribution in [0.15, 0.2) is 12.1 Å². The molecule has 1 aromatic rings. The van der Waals surface area contributed by atoms with Crippen LogP contribution in [0.2, 0.25) is 0 Å². The summed E-state index contributed by atoms with van der Waals surface area (Å²) in [6.07, 6.45) is 2.57. The van der Waals surface area contributed by atoms with Crippen LogP contribution in [0.25, 0.3) is 0 Å². The molecule has 0 aliphatic carbocycles. The van der Waals surface area contributed by atoms with E-state index >= 15 is 0 Å². The molecule has 2 rings (SSSR count). The Bertz CT molecular complexity index is 496. The number of likely N-dealkylation sites (tertiary alicyclic amines) is 1. The predicted molar refractivity (Wildman–Crippen MR) is 84.2 cm³/mol. The number of aromatic carboxylic acids is 1. The quantitative estimate of drug-likeness (QED) is 0.872. The van der Waals surface area contributed by atoms with Gasteiger partial charge in [0.2, 0.25) is 0 Å². The topological polar surface area (TPSA) is 56.7 Å². The van der Waals surface area contributed by atoms with E-state index in [0.29, 0.717) is 5.56 Å². The molecule has 0 amide bonds. The van der Waals surface area contributed by atoms with Crippen LogP contribution >= 0.6 is 0 Å². The van der Waals surface area contributed by atoms with Gasteiger partial charge in [0.25, 0.3) is 0 Å². The number of nitrogens with zero attached hydrogens (tertiary/aromatic N) is 3. The fourth-order valence-electron chi connectivity index (χ4n) is 2.56. The molecule has 1 aromatic heterocycles. The number of carboxylic acids is 1. The van der Waals surface area contributed by atoms with Crippen molar-refractivity contribution in [1.29, 1.82) is 0 Å².